The number of rotatable bonds is 5. The number of nitrogens with zero attached hydrogens (tertiary/aromatic N) is 3. The van der Waals surface area contributed by atoms with Gasteiger partial charge in [-0.15, -0.1) is 0 Å². The molecule has 1 aliphatic rings. The van der Waals surface area contributed by atoms with Gasteiger partial charge in [0.25, 0.3) is 5.56 Å². The van der Waals surface area contributed by atoms with Gasteiger partial charge < -0.3 is 9.84 Å². The predicted molar refractivity (Wildman–Crippen MR) is 114 cm³/mol. The van der Waals surface area contributed by atoms with Crippen LogP contribution in [0.5, 0.6) is 0 Å². The summed E-state index contributed by atoms with van der Waals surface area (Å²) in [6, 6.07) is 0. The average Bonchev–Trinajstić information content (AvgIpc) is 3.36. The van der Waals surface area contributed by atoms with Gasteiger partial charge in [-0.05, 0) is 19.8 Å². The molecule has 1 saturated heterocycles. The Kier molecular flexibility index (Phi) is 11.3. The van der Waals surface area contributed by atoms with Gasteiger partial charge in [0.1, 0.15) is 6.23 Å². The maximum atomic E-state index is 12.1. The molecule has 1 amide bonds. The van der Waals surface area contributed by atoms with Gasteiger partial charge in [0, 0.05) is 5.92 Å². The molecular formula is C19H30N6O6. The summed E-state index contributed by atoms with van der Waals surface area (Å²) in [5.41, 5.74) is 0.851. The number of aromatic nitrogens is 4. The van der Waals surface area contributed by atoms with Gasteiger partial charge in [-0.1, -0.05) is 44.3 Å². The van der Waals surface area contributed by atoms with Crippen molar-refractivity contribution in [1.29, 1.82) is 0 Å². The molecular weight excluding hydrogens is 408 g/mol. The van der Waals surface area contributed by atoms with Crippen LogP contribution >= 0.6 is 0 Å². The lowest BCUT2D eigenvalue weighted by molar-refractivity contribution is -0.118. The molecule has 2 aromatic rings. The molecule has 6 N–H and O–H groups in total. The fourth-order valence-corrected chi connectivity index (χ4v) is 2.62. The van der Waals surface area contributed by atoms with Crippen molar-refractivity contribution < 1.29 is 25.1 Å². The van der Waals surface area contributed by atoms with Crippen LogP contribution in [0.2, 0.25) is 0 Å². The molecule has 0 aliphatic carbocycles. The second-order valence-electron chi connectivity index (χ2n) is 6.72. The van der Waals surface area contributed by atoms with Crippen LogP contribution in [-0.2, 0) is 9.53 Å². The molecule has 1 fully saturated rings. The maximum absolute atomic E-state index is 12.1. The molecule has 0 spiro atoms. The molecule has 12 nitrogen and oxygen atoms in total. The lowest BCUT2D eigenvalue weighted by Crippen LogP contribution is -2.22. The number of nitrogens with one attached hydrogen (secondary N) is 3. The maximum Gasteiger partial charge on any atom is 0.280 e. The van der Waals surface area contributed by atoms with Gasteiger partial charge >= 0.3 is 0 Å². The van der Waals surface area contributed by atoms with Crippen molar-refractivity contribution in [3.63, 3.8) is 0 Å². The number of hydrogen-bond donors (Lipinski definition) is 6. The van der Waals surface area contributed by atoms with E-state index in [0.717, 1.165) is 12.1 Å². The molecule has 0 radical (unpaired) electrons. The number of carbonyl (C=O) groups is 1. The van der Waals surface area contributed by atoms with Crippen molar-refractivity contribution in [3.05, 3.63) is 41.5 Å². The van der Waals surface area contributed by atoms with Crippen molar-refractivity contribution >= 4 is 23.0 Å². The fourth-order valence-electron chi connectivity index (χ4n) is 2.62. The third kappa shape index (κ3) is 7.70. The third-order valence-corrected chi connectivity index (χ3v) is 4.13. The Hall–Kier alpha value is -2.90. The van der Waals surface area contributed by atoms with Crippen LogP contribution in [-0.4, -0.2) is 53.7 Å². The number of aliphatic hydroxyl groups is 1. The Morgan fingerprint density at radius 1 is 1.45 bits per heavy atom. The quantitative estimate of drug-likeness (QED) is 0.298. The third-order valence-electron chi connectivity index (χ3n) is 4.13. The highest BCUT2D eigenvalue weighted by atomic mass is 16.7. The number of aliphatic hydroxyl groups excluding tert-OH is 1. The summed E-state index contributed by atoms with van der Waals surface area (Å²) < 4.78 is 7.35. The predicted octanol–water partition coefficient (Wildman–Crippen LogP) is 1.49. The number of hydrogen-bond acceptors (Lipinski definition) is 9. The lowest BCUT2D eigenvalue weighted by Gasteiger charge is -2.14. The standard InChI is InChI=1S/C14H19N5O4.C5H8.H3NO2/c1-7(2)12(21)17-14-16-11-10(13(22)18-14)15-6-19(11)9-4-3-8(5-20)23-9;1-3-5-4-2;2-1-3/h6-9,20H,3-5H2,1-2H3,(H2,16,17,18,21,22);3-5H,1H2,2H3;1-3H/b;5-4-;. The molecule has 2 atom stereocenters. The summed E-state index contributed by atoms with van der Waals surface area (Å²) in [4.78, 5) is 34.7. The normalized spacial score (nSPS) is 17.8. The number of carbonyl (C=O) groups excluding carboxylic acids is 1. The second-order valence-corrected chi connectivity index (χ2v) is 6.72. The van der Waals surface area contributed by atoms with E-state index in [1.165, 1.54) is 6.33 Å². The molecule has 3 rings (SSSR count). The van der Waals surface area contributed by atoms with E-state index in [1.807, 2.05) is 19.1 Å². The molecule has 172 valence electrons. The van der Waals surface area contributed by atoms with E-state index in [0.29, 0.717) is 12.1 Å². The van der Waals surface area contributed by atoms with Crippen LogP contribution in [0.4, 0.5) is 5.95 Å². The van der Waals surface area contributed by atoms with Crippen molar-refractivity contribution in [2.24, 2.45) is 5.92 Å². The Bertz CT molecular complexity index is 922. The lowest BCUT2D eigenvalue weighted by atomic mass is 10.2. The van der Waals surface area contributed by atoms with Gasteiger partial charge in [0.05, 0.1) is 19.0 Å². The molecule has 2 aromatic heterocycles. The zero-order valence-corrected chi connectivity index (χ0v) is 17.8. The number of fused-ring (bicyclic) bond motifs is 1. The molecule has 0 saturated carbocycles. The molecule has 2 unspecified atom stereocenters. The first-order chi connectivity index (χ1) is 14.8. The highest BCUT2D eigenvalue weighted by molar-refractivity contribution is 5.91. The number of allylic oxidation sites excluding steroid dienone is 3. The highest BCUT2D eigenvalue weighted by Crippen LogP contribution is 2.29. The number of amides is 1. The Balaban J connectivity index is 0.000000519. The SMILES string of the molecule is C=C/C=C\C.CC(C)C(=O)Nc1nc2c(ncn2C2CCC(CO)O2)c(=O)[nH]1.ONO. The monoisotopic (exact) mass is 438 g/mol. The summed E-state index contributed by atoms with van der Waals surface area (Å²) in [7, 11) is 0. The number of anilines is 1. The summed E-state index contributed by atoms with van der Waals surface area (Å²) >= 11 is 0. The van der Waals surface area contributed by atoms with Crippen molar-refractivity contribution in [2.75, 3.05) is 11.9 Å². The van der Waals surface area contributed by atoms with E-state index < -0.39 is 5.56 Å². The fraction of sp³-hybridized carbons (Fsp3) is 0.474. The van der Waals surface area contributed by atoms with Gasteiger partial charge in [-0.25, -0.2) is 4.98 Å². The summed E-state index contributed by atoms with van der Waals surface area (Å²) in [5.74, 6) is -0.389. The van der Waals surface area contributed by atoms with Gasteiger partial charge in [0.2, 0.25) is 11.9 Å². The smallest absolute Gasteiger partial charge is 0.280 e. The molecule has 31 heavy (non-hydrogen) atoms. The average molecular weight is 438 g/mol. The van der Waals surface area contributed by atoms with E-state index in [1.54, 1.807) is 24.5 Å². The van der Waals surface area contributed by atoms with Crippen LogP contribution in [0.25, 0.3) is 11.2 Å². The minimum absolute atomic E-state index is 0.0488. The number of ether oxygens (including phenoxy) is 1. The molecule has 0 aromatic carbocycles. The van der Waals surface area contributed by atoms with E-state index in [4.69, 9.17) is 20.3 Å². The van der Waals surface area contributed by atoms with Gasteiger partial charge in [0.15, 0.2) is 11.2 Å². The van der Waals surface area contributed by atoms with Crippen LogP contribution in [0.1, 0.15) is 39.8 Å². The molecule has 12 heteroatoms. The van der Waals surface area contributed by atoms with Crippen LogP contribution in [0.15, 0.2) is 35.9 Å². The molecule has 1 aliphatic heterocycles. The van der Waals surface area contributed by atoms with Gasteiger partial charge in [-0.2, -0.15) is 4.98 Å². The first kappa shape index (κ1) is 26.1. The van der Waals surface area contributed by atoms with E-state index in [2.05, 4.69) is 26.8 Å². The first-order valence-electron chi connectivity index (χ1n) is 9.63. The number of aromatic amines is 1. The molecule has 3 heterocycles. The van der Waals surface area contributed by atoms with Gasteiger partial charge in [-0.3, -0.25) is 34.9 Å². The summed E-state index contributed by atoms with van der Waals surface area (Å²) in [6.45, 7) is 8.87. The van der Waals surface area contributed by atoms with E-state index >= 15 is 0 Å². The van der Waals surface area contributed by atoms with E-state index in [-0.39, 0.29) is 42.2 Å². The Labute approximate surface area is 179 Å². The zero-order valence-electron chi connectivity index (χ0n) is 17.8. The highest BCUT2D eigenvalue weighted by Gasteiger charge is 2.28. The topological polar surface area (TPSA) is 175 Å². The number of H-pyrrole nitrogens is 1. The minimum Gasteiger partial charge on any atom is -0.394 e. The van der Waals surface area contributed by atoms with Crippen LogP contribution in [0.3, 0.4) is 0 Å². The van der Waals surface area contributed by atoms with Crippen LogP contribution < -0.4 is 16.5 Å². The Morgan fingerprint density at radius 3 is 2.61 bits per heavy atom. The summed E-state index contributed by atoms with van der Waals surface area (Å²) in [6.07, 6.45) is 7.93. The minimum atomic E-state index is -0.426. The zero-order chi connectivity index (χ0) is 23.4. The number of imidazole rings is 1. The van der Waals surface area contributed by atoms with Crippen molar-refractivity contribution in [3.8, 4) is 0 Å². The van der Waals surface area contributed by atoms with E-state index in [9.17, 15) is 9.59 Å². The van der Waals surface area contributed by atoms with Crippen LogP contribution in [0, 0.1) is 5.92 Å². The molecule has 0 bridgehead atoms. The van der Waals surface area contributed by atoms with Crippen molar-refractivity contribution in [2.45, 2.75) is 45.9 Å². The first-order valence-corrected chi connectivity index (χ1v) is 9.63. The largest absolute Gasteiger partial charge is 0.394 e. The second kappa shape index (κ2) is 13.4. The summed E-state index contributed by atoms with van der Waals surface area (Å²) in [5, 5.41) is 25.5. The van der Waals surface area contributed by atoms with Crippen molar-refractivity contribution in [1.82, 2.24) is 25.2 Å². The Morgan fingerprint density at radius 2 is 2.13 bits per heavy atom.